The molecule has 0 unspecified atom stereocenters. The van der Waals surface area contributed by atoms with Crippen molar-refractivity contribution in [3.8, 4) is 0 Å². The predicted octanol–water partition coefficient (Wildman–Crippen LogP) is 0.429. The second-order valence-corrected chi connectivity index (χ2v) is 3.11. The van der Waals surface area contributed by atoms with Crippen LogP contribution in [0.25, 0.3) is 0 Å². The van der Waals surface area contributed by atoms with Crippen LogP contribution in [0, 0.1) is 0 Å². The molecule has 0 aliphatic carbocycles. The van der Waals surface area contributed by atoms with Crippen molar-refractivity contribution in [1.29, 1.82) is 0 Å². The molecule has 0 rings (SSSR count). The molecule has 52 valence electrons. The quantitative estimate of drug-likeness (QED) is 0.460. The highest BCUT2D eigenvalue weighted by atomic mass is 32.3. The molecule has 0 saturated carbocycles. The Morgan fingerprint density at radius 3 is 2.00 bits per heavy atom. The predicted molar refractivity (Wildman–Crippen MR) is 34.3 cm³/mol. The second kappa shape index (κ2) is 3.26. The Morgan fingerprint density at radius 1 is 1.38 bits per heavy atom. The SMILES string of the molecule is CNCCS(O)(O)O. The molecule has 4 N–H and O–H groups in total. The van der Waals surface area contributed by atoms with Gasteiger partial charge in [0.1, 0.15) is 0 Å². The molecule has 0 aromatic rings. The van der Waals surface area contributed by atoms with E-state index in [1.165, 1.54) is 0 Å². The highest BCUT2D eigenvalue weighted by Crippen LogP contribution is 2.30. The fourth-order valence-corrected chi connectivity index (χ4v) is 0.717. The minimum Gasteiger partial charge on any atom is -0.319 e. The van der Waals surface area contributed by atoms with Crippen LogP contribution in [0.15, 0.2) is 0 Å². The smallest absolute Gasteiger partial charge is 0.0823 e. The Hall–Kier alpha value is 0.190. The third kappa shape index (κ3) is 6.19. The van der Waals surface area contributed by atoms with Crippen LogP contribution in [-0.2, 0) is 0 Å². The first-order chi connectivity index (χ1) is 3.56. The molecule has 8 heavy (non-hydrogen) atoms. The molecule has 0 aromatic carbocycles. The van der Waals surface area contributed by atoms with Gasteiger partial charge in [-0.3, -0.25) is 0 Å². The molecule has 0 aliphatic heterocycles. The Balaban J connectivity index is 3.11. The third-order valence-electron chi connectivity index (χ3n) is 0.626. The lowest BCUT2D eigenvalue weighted by Gasteiger charge is -2.17. The molecule has 0 atom stereocenters. The Bertz CT molecular complexity index is 62.0. The number of rotatable bonds is 3. The maximum atomic E-state index is 8.30. The first-order valence-corrected chi connectivity index (χ1v) is 3.86. The zero-order valence-electron chi connectivity index (χ0n) is 4.66. The lowest BCUT2D eigenvalue weighted by molar-refractivity contribution is 0.375. The van der Waals surface area contributed by atoms with Crippen LogP contribution in [0.3, 0.4) is 0 Å². The van der Waals surface area contributed by atoms with Crippen molar-refractivity contribution < 1.29 is 13.7 Å². The van der Waals surface area contributed by atoms with E-state index in [-0.39, 0.29) is 5.75 Å². The summed E-state index contributed by atoms with van der Waals surface area (Å²) < 4.78 is 24.9. The van der Waals surface area contributed by atoms with Crippen molar-refractivity contribution in [2.24, 2.45) is 0 Å². The van der Waals surface area contributed by atoms with Crippen molar-refractivity contribution >= 4 is 10.9 Å². The molecule has 0 amide bonds. The van der Waals surface area contributed by atoms with Gasteiger partial charge in [-0.2, -0.15) is 0 Å². The van der Waals surface area contributed by atoms with Crippen molar-refractivity contribution in [2.45, 2.75) is 0 Å². The Labute approximate surface area is 50.1 Å². The summed E-state index contributed by atoms with van der Waals surface area (Å²) in [6, 6.07) is 0. The summed E-state index contributed by atoms with van der Waals surface area (Å²) in [4.78, 5) is 0. The van der Waals surface area contributed by atoms with Crippen molar-refractivity contribution in [3.63, 3.8) is 0 Å². The highest BCUT2D eigenvalue weighted by Gasteiger charge is 2.08. The molecule has 0 saturated heterocycles. The lowest BCUT2D eigenvalue weighted by Crippen LogP contribution is -2.16. The molecule has 0 fully saturated rings. The van der Waals surface area contributed by atoms with E-state index in [0.29, 0.717) is 6.54 Å². The lowest BCUT2D eigenvalue weighted by atomic mass is 10.8. The van der Waals surface area contributed by atoms with Gasteiger partial charge in [0.2, 0.25) is 0 Å². The number of hydrogen-bond acceptors (Lipinski definition) is 4. The molecule has 0 heterocycles. The molecular weight excluding hydrogens is 130 g/mol. The van der Waals surface area contributed by atoms with Crippen LogP contribution in [0.5, 0.6) is 0 Å². The van der Waals surface area contributed by atoms with Crippen LogP contribution < -0.4 is 5.32 Å². The monoisotopic (exact) mass is 141 g/mol. The van der Waals surface area contributed by atoms with Crippen LogP contribution in [0.2, 0.25) is 0 Å². The van der Waals surface area contributed by atoms with Gasteiger partial charge in [-0.25, -0.2) is 0 Å². The summed E-state index contributed by atoms with van der Waals surface area (Å²) >= 11 is 0. The van der Waals surface area contributed by atoms with Gasteiger partial charge in [-0.15, -0.1) is 0 Å². The van der Waals surface area contributed by atoms with Crippen LogP contribution >= 0.6 is 10.9 Å². The molecular formula is C3H11NO3S. The van der Waals surface area contributed by atoms with Crippen molar-refractivity contribution in [3.05, 3.63) is 0 Å². The minimum atomic E-state index is -3.25. The van der Waals surface area contributed by atoms with Gasteiger partial charge in [0.25, 0.3) is 0 Å². The highest BCUT2D eigenvalue weighted by molar-refractivity contribution is 8.19. The molecule has 0 spiro atoms. The summed E-state index contributed by atoms with van der Waals surface area (Å²) in [5.74, 6) is 0.00347. The van der Waals surface area contributed by atoms with Gasteiger partial charge in [0.05, 0.1) is 16.6 Å². The topological polar surface area (TPSA) is 72.7 Å². The van der Waals surface area contributed by atoms with E-state index in [0.717, 1.165) is 0 Å². The van der Waals surface area contributed by atoms with E-state index in [1.807, 2.05) is 0 Å². The summed E-state index contributed by atoms with van der Waals surface area (Å²) in [7, 11) is -1.58. The molecule has 0 aromatic heterocycles. The summed E-state index contributed by atoms with van der Waals surface area (Å²) in [6.07, 6.45) is 0. The summed E-state index contributed by atoms with van der Waals surface area (Å²) in [5, 5.41) is 2.67. The third-order valence-corrected chi connectivity index (χ3v) is 1.38. The van der Waals surface area contributed by atoms with E-state index in [9.17, 15) is 0 Å². The van der Waals surface area contributed by atoms with Gasteiger partial charge >= 0.3 is 0 Å². The van der Waals surface area contributed by atoms with Crippen LogP contribution in [-0.4, -0.2) is 33.0 Å². The summed E-state index contributed by atoms with van der Waals surface area (Å²) in [6.45, 7) is 0.416. The number of nitrogens with one attached hydrogen (secondary N) is 1. The normalized spacial score (nSPS) is 14.0. The van der Waals surface area contributed by atoms with Crippen LogP contribution in [0.1, 0.15) is 0 Å². The standard InChI is InChI=1S/C3H11NO3S/c1-4-2-3-8(5,6)7/h4-7H,2-3H2,1H3. The second-order valence-electron chi connectivity index (χ2n) is 1.44. The van der Waals surface area contributed by atoms with E-state index in [4.69, 9.17) is 13.7 Å². The largest absolute Gasteiger partial charge is 0.319 e. The van der Waals surface area contributed by atoms with E-state index < -0.39 is 10.9 Å². The van der Waals surface area contributed by atoms with Gasteiger partial charge in [0, 0.05) is 6.54 Å². The van der Waals surface area contributed by atoms with E-state index in [2.05, 4.69) is 5.32 Å². The molecule has 5 heteroatoms. The van der Waals surface area contributed by atoms with Crippen molar-refractivity contribution in [1.82, 2.24) is 5.32 Å². The first kappa shape index (κ1) is 8.19. The zero-order chi connectivity index (χ0) is 6.62. The fraction of sp³-hybridized carbons (Fsp3) is 1.00. The van der Waals surface area contributed by atoms with E-state index in [1.54, 1.807) is 7.05 Å². The zero-order valence-corrected chi connectivity index (χ0v) is 5.48. The van der Waals surface area contributed by atoms with Gasteiger partial charge in [-0.05, 0) is 7.05 Å². The average Bonchev–Trinajstić information content (AvgIpc) is 1.59. The van der Waals surface area contributed by atoms with Gasteiger partial charge in [-0.1, -0.05) is 0 Å². The molecule has 0 aliphatic rings. The van der Waals surface area contributed by atoms with E-state index >= 15 is 0 Å². The average molecular weight is 141 g/mol. The van der Waals surface area contributed by atoms with Crippen molar-refractivity contribution in [2.75, 3.05) is 19.3 Å². The maximum Gasteiger partial charge on any atom is 0.0823 e. The Morgan fingerprint density at radius 2 is 1.88 bits per heavy atom. The van der Waals surface area contributed by atoms with Gasteiger partial charge in [0.15, 0.2) is 0 Å². The molecule has 4 nitrogen and oxygen atoms in total. The Kier molecular flexibility index (Phi) is 3.34. The molecule has 0 bridgehead atoms. The number of hydrogen-bond donors (Lipinski definition) is 4. The van der Waals surface area contributed by atoms with Crippen LogP contribution in [0.4, 0.5) is 0 Å². The summed E-state index contributed by atoms with van der Waals surface area (Å²) in [5.41, 5.74) is 0. The van der Waals surface area contributed by atoms with Gasteiger partial charge < -0.3 is 19.0 Å². The molecule has 0 radical (unpaired) electrons. The first-order valence-electron chi connectivity index (χ1n) is 2.19. The maximum absolute atomic E-state index is 8.30. The minimum absolute atomic E-state index is 0.00347. The fourth-order valence-electron chi connectivity index (χ4n) is 0.239.